The van der Waals surface area contributed by atoms with Crippen molar-refractivity contribution in [2.45, 2.75) is 32.2 Å². The van der Waals surface area contributed by atoms with Gasteiger partial charge in [0.05, 0.1) is 12.0 Å². The number of hydrogen-bond acceptors (Lipinski definition) is 5. The molecule has 1 fully saturated rings. The molecule has 25 heavy (non-hydrogen) atoms. The number of nitrogens with one attached hydrogen (secondary N) is 2. The number of ether oxygens (including phenoxy) is 1. The molecule has 1 saturated heterocycles. The summed E-state index contributed by atoms with van der Waals surface area (Å²) in [7, 11) is 1.70. The van der Waals surface area contributed by atoms with Crippen molar-refractivity contribution in [3.8, 4) is 0 Å². The van der Waals surface area contributed by atoms with Crippen LogP contribution in [0.1, 0.15) is 25.3 Å². The number of aromatic nitrogens is 3. The monoisotopic (exact) mass is 343 g/mol. The van der Waals surface area contributed by atoms with E-state index in [-0.39, 0.29) is 11.9 Å². The summed E-state index contributed by atoms with van der Waals surface area (Å²) in [5, 5.41) is 4.53. The summed E-state index contributed by atoms with van der Waals surface area (Å²) in [6.07, 6.45) is 9.74. The average molecular weight is 343 g/mol. The lowest BCUT2D eigenvalue weighted by atomic mass is 10.0. The third-order valence-corrected chi connectivity index (χ3v) is 4.51. The van der Waals surface area contributed by atoms with Gasteiger partial charge >= 0.3 is 0 Å². The minimum Gasteiger partial charge on any atom is -0.384 e. The maximum absolute atomic E-state index is 12.1. The molecule has 1 aliphatic rings. The number of carbonyl (C=O) groups is 1. The Bertz CT molecular complexity index is 755. The Kier molecular flexibility index (Phi) is 5.65. The van der Waals surface area contributed by atoms with Crippen molar-refractivity contribution in [1.29, 1.82) is 0 Å². The van der Waals surface area contributed by atoms with Crippen molar-refractivity contribution in [2.24, 2.45) is 0 Å². The molecule has 0 saturated carbocycles. The van der Waals surface area contributed by atoms with Gasteiger partial charge in [0.25, 0.3) is 0 Å². The van der Waals surface area contributed by atoms with E-state index in [9.17, 15) is 4.79 Å². The van der Waals surface area contributed by atoms with Gasteiger partial charge in [-0.05, 0) is 37.8 Å². The van der Waals surface area contributed by atoms with Gasteiger partial charge in [-0.25, -0.2) is 9.97 Å². The van der Waals surface area contributed by atoms with Gasteiger partial charge in [0.2, 0.25) is 5.91 Å². The highest BCUT2D eigenvalue weighted by molar-refractivity contribution is 5.90. The van der Waals surface area contributed by atoms with Crippen LogP contribution < -0.4 is 5.32 Å². The number of piperidine rings is 1. The zero-order chi connectivity index (χ0) is 17.6. The fraction of sp³-hybridized carbons (Fsp3) is 0.500. The summed E-state index contributed by atoms with van der Waals surface area (Å²) >= 11 is 0. The van der Waals surface area contributed by atoms with Crippen LogP contribution in [-0.4, -0.2) is 58.6 Å². The number of anilines is 1. The van der Waals surface area contributed by atoms with Crippen LogP contribution in [0.25, 0.3) is 11.0 Å². The number of nitrogens with zero attached hydrogens (tertiary/aromatic N) is 3. The number of rotatable bonds is 6. The van der Waals surface area contributed by atoms with Crippen LogP contribution in [0.5, 0.6) is 0 Å². The molecule has 2 aromatic heterocycles. The van der Waals surface area contributed by atoms with Crippen LogP contribution >= 0.6 is 0 Å². The molecule has 0 unspecified atom stereocenters. The second-order valence-corrected chi connectivity index (χ2v) is 6.27. The molecule has 0 spiro atoms. The predicted octanol–water partition coefficient (Wildman–Crippen LogP) is 2.13. The number of methoxy groups -OCH3 is 1. The molecule has 0 aliphatic carbocycles. The summed E-state index contributed by atoms with van der Waals surface area (Å²) in [4.78, 5) is 26.0. The largest absolute Gasteiger partial charge is 0.384 e. The first-order chi connectivity index (χ1) is 12.2. The number of hydrogen-bond donors (Lipinski definition) is 2. The summed E-state index contributed by atoms with van der Waals surface area (Å²) < 4.78 is 5.19. The fourth-order valence-electron chi connectivity index (χ4n) is 3.28. The van der Waals surface area contributed by atoms with E-state index in [1.165, 1.54) is 0 Å². The molecule has 7 nitrogen and oxygen atoms in total. The van der Waals surface area contributed by atoms with Crippen LogP contribution in [-0.2, 0) is 16.0 Å². The second kappa shape index (κ2) is 8.11. The molecule has 2 N–H and O–H groups in total. The van der Waals surface area contributed by atoms with E-state index in [0.717, 1.165) is 48.2 Å². The Labute approximate surface area is 147 Å². The minimum atomic E-state index is 0.0734. The highest BCUT2D eigenvalue weighted by Gasteiger charge is 2.23. The zero-order valence-corrected chi connectivity index (χ0v) is 14.8. The molecular weight excluding hydrogens is 318 g/mol. The van der Waals surface area contributed by atoms with Crippen LogP contribution in [0.4, 0.5) is 5.82 Å². The SMILES string of the molecule is C/C=C/C(=O)N1CCC[C@@H](Nc2ncnc3[nH]cc(CCOC)c23)C1. The van der Waals surface area contributed by atoms with Gasteiger partial charge in [-0.15, -0.1) is 0 Å². The van der Waals surface area contributed by atoms with Gasteiger partial charge in [-0.2, -0.15) is 0 Å². The third-order valence-electron chi connectivity index (χ3n) is 4.51. The van der Waals surface area contributed by atoms with Crippen molar-refractivity contribution in [1.82, 2.24) is 19.9 Å². The lowest BCUT2D eigenvalue weighted by Crippen LogP contribution is -2.44. The van der Waals surface area contributed by atoms with E-state index in [4.69, 9.17) is 4.74 Å². The Morgan fingerprint density at radius 1 is 1.52 bits per heavy atom. The van der Waals surface area contributed by atoms with Crippen molar-refractivity contribution in [3.05, 3.63) is 30.2 Å². The third kappa shape index (κ3) is 3.99. The van der Waals surface area contributed by atoms with Crippen LogP contribution in [0.3, 0.4) is 0 Å². The number of fused-ring (bicyclic) bond motifs is 1. The lowest BCUT2D eigenvalue weighted by molar-refractivity contribution is -0.127. The Morgan fingerprint density at radius 3 is 3.20 bits per heavy atom. The molecule has 1 aliphatic heterocycles. The number of amides is 1. The fourth-order valence-corrected chi connectivity index (χ4v) is 3.28. The molecule has 7 heteroatoms. The molecule has 0 radical (unpaired) electrons. The van der Waals surface area contributed by atoms with Gasteiger partial charge in [0.15, 0.2) is 0 Å². The molecule has 2 aromatic rings. The highest BCUT2D eigenvalue weighted by Crippen LogP contribution is 2.25. The number of likely N-dealkylation sites (tertiary alicyclic amines) is 1. The quantitative estimate of drug-likeness (QED) is 0.785. The number of carbonyl (C=O) groups excluding carboxylic acids is 1. The maximum Gasteiger partial charge on any atom is 0.246 e. The maximum atomic E-state index is 12.1. The summed E-state index contributed by atoms with van der Waals surface area (Å²) in [6.45, 7) is 4.01. The second-order valence-electron chi connectivity index (χ2n) is 6.27. The Balaban J connectivity index is 1.78. The van der Waals surface area contributed by atoms with Crippen molar-refractivity contribution >= 4 is 22.8 Å². The molecular formula is C18H25N5O2. The molecule has 1 amide bonds. The molecule has 134 valence electrons. The molecule has 0 bridgehead atoms. The Hall–Kier alpha value is -2.41. The van der Waals surface area contributed by atoms with E-state index in [1.807, 2.05) is 18.0 Å². The first-order valence-electron chi connectivity index (χ1n) is 8.71. The van der Waals surface area contributed by atoms with Crippen LogP contribution in [0.15, 0.2) is 24.7 Å². The molecule has 0 aromatic carbocycles. The van der Waals surface area contributed by atoms with Crippen LogP contribution in [0, 0.1) is 0 Å². The Morgan fingerprint density at radius 2 is 2.40 bits per heavy atom. The van der Waals surface area contributed by atoms with Crippen molar-refractivity contribution < 1.29 is 9.53 Å². The number of allylic oxidation sites excluding steroid dienone is 1. The van der Waals surface area contributed by atoms with Gasteiger partial charge in [-0.1, -0.05) is 6.08 Å². The van der Waals surface area contributed by atoms with Crippen LogP contribution in [0.2, 0.25) is 0 Å². The molecule has 1 atom stereocenters. The van der Waals surface area contributed by atoms with Gasteiger partial charge < -0.3 is 19.9 Å². The van der Waals surface area contributed by atoms with Gasteiger partial charge in [-0.3, -0.25) is 4.79 Å². The van der Waals surface area contributed by atoms with E-state index in [0.29, 0.717) is 13.2 Å². The van der Waals surface area contributed by atoms with Gasteiger partial charge in [0, 0.05) is 32.4 Å². The molecule has 3 heterocycles. The topological polar surface area (TPSA) is 83.1 Å². The summed E-state index contributed by atoms with van der Waals surface area (Å²) in [5.74, 6) is 0.895. The van der Waals surface area contributed by atoms with E-state index in [1.54, 1.807) is 25.6 Å². The smallest absolute Gasteiger partial charge is 0.246 e. The average Bonchev–Trinajstić information content (AvgIpc) is 3.04. The normalized spacial score (nSPS) is 18.2. The zero-order valence-electron chi connectivity index (χ0n) is 14.8. The van der Waals surface area contributed by atoms with E-state index >= 15 is 0 Å². The highest BCUT2D eigenvalue weighted by atomic mass is 16.5. The summed E-state index contributed by atoms with van der Waals surface area (Å²) in [5.41, 5.74) is 1.96. The lowest BCUT2D eigenvalue weighted by Gasteiger charge is -2.33. The first kappa shape index (κ1) is 17.4. The van der Waals surface area contributed by atoms with Crippen molar-refractivity contribution in [2.75, 3.05) is 32.1 Å². The number of aromatic amines is 1. The minimum absolute atomic E-state index is 0.0734. The van der Waals surface area contributed by atoms with Gasteiger partial charge in [0.1, 0.15) is 17.8 Å². The van der Waals surface area contributed by atoms with Crippen molar-refractivity contribution in [3.63, 3.8) is 0 Å². The predicted molar refractivity (Wildman–Crippen MR) is 97.5 cm³/mol. The van der Waals surface area contributed by atoms with E-state index < -0.39 is 0 Å². The molecule has 3 rings (SSSR count). The first-order valence-corrected chi connectivity index (χ1v) is 8.71. The summed E-state index contributed by atoms with van der Waals surface area (Å²) in [6, 6.07) is 0.186. The number of H-pyrrole nitrogens is 1. The van der Waals surface area contributed by atoms with E-state index in [2.05, 4.69) is 20.3 Å². The standard InChI is InChI=1S/C18H25N5O2/c1-3-5-15(24)23-8-4-6-14(11-23)22-18-16-13(7-9-25-2)10-19-17(16)20-12-21-18/h3,5,10,12,14H,4,6-9,11H2,1-2H3,(H2,19,20,21,22)/b5-3+/t14-/m1/s1.